The third-order valence-electron chi connectivity index (χ3n) is 4.50. The zero-order valence-corrected chi connectivity index (χ0v) is 14.8. The molecule has 1 aliphatic heterocycles. The molecule has 1 atom stereocenters. The van der Waals surface area contributed by atoms with Crippen molar-refractivity contribution < 1.29 is 8.42 Å². The van der Waals surface area contributed by atoms with E-state index in [1.165, 1.54) is 4.48 Å². The van der Waals surface area contributed by atoms with Gasteiger partial charge in [0, 0.05) is 19.0 Å². The molecule has 1 aromatic rings. The van der Waals surface area contributed by atoms with Gasteiger partial charge in [0.25, 0.3) is 0 Å². The van der Waals surface area contributed by atoms with Crippen LogP contribution >= 0.6 is 15.9 Å². The summed E-state index contributed by atoms with van der Waals surface area (Å²) in [5, 5.41) is 0. The summed E-state index contributed by atoms with van der Waals surface area (Å²) in [5.74, 6) is 0.930. The van der Waals surface area contributed by atoms with Crippen molar-refractivity contribution in [1.82, 2.24) is 4.31 Å². The average molecular weight is 382 g/mol. The molecule has 22 heavy (non-hydrogen) atoms. The van der Waals surface area contributed by atoms with Gasteiger partial charge in [0.1, 0.15) is 0 Å². The maximum absolute atomic E-state index is 12.6. The standard InChI is InChI=1S/C17H20BrNO2S/c18-17-9-5-4-8-16(17)14-10-12-19(13-11-14)22(20,21)15-6-2-1-3-7-15/h1-4,6-9,14,16H,5,10-13H2. The molecule has 1 fully saturated rings. The minimum atomic E-state index is -3.34. The van der Waals surface area contributed by atoms with Gasteiger partial charge in [-0.2, -0.15) is 4.31 Å². The van der Waals surface area contributed by atoms with Crippen LogP contribution < -0.4 is 0 Å². The Bertz CT molecular complexity index is 674. The van der Waals surface area contributed by atoms with Crippen LogP contribution in [0.1, 0.15) is 19.3 Å². The first-order chi connectivity index (χ1) is 10.6. The highest BCUT2D eigenvalue weighted by Gasteiger charge is 2.32. The van der Waals surface area contributed by atoms with Gasteiger partial charge in [-0.3, -0.25) is 0 Å². The maximum atomic E-state index is 12.6. The molecule has 2 aliphatic rings. The molecular formula is C17H20BrNO2S. The van der Waals surface area contributed by atoms with Gasteiger partial charge in [-0.15, -0.1) is 0 Å². The van der Waals surface area contributed by atoms with Crippen LogP contribution in [-0.2, 0) is 10.0 Å². The van der Waals surface area contributed by atoms with Crippen molar-refractivity contribution in [3.8, 4) is 0 Å². The fourth-order valence-electron chi connectivity index (χ4n) is 3.23. The Kier molecular flexibility index (Phi) is 4.85. The molecule has 1 unspecified atom stereocenters. The summed E-state index contributed by atoms with van der Waals surface area (Å²) in [6.07, 6.45) is 9.46. The summed E-state index contributed by atoms with van der Waals surface area (Å²) >= 11 is 3.66. The van der Waals surface area contributed by atoms with E-state index in [4.69, 9.17) is 0 Å². The molecule has 1 saturated heterocycles. The van der Waals surface area contributed by atoms with Crippen LogP contribution in [0, 0.1) is 11.8 Å². The van der Waals surface area contributed by atoms with Gasteiger partial charge in [-0.25, -0.2) is 8.42 Å². The average Bonchev–Trinajstić information content (AvgIpc) is 2.56. The lowest BCUT2D eigenvalue weighted by atomic mass is 9.83. The Morgan fingerprint density at radius 2 is 1.77 bits per heavy atom. The van der Waals surface area contributed by atoms with Gasteiger partial charge in [0.2, 0.25) is 10.0 Å². The second-order valence-corrected chi connectivity index (χ2v) is 8.69. The third-order valence-corrected chi connectivity index (χ3v) is 7.26. The van der Waals surface area contributed by atoms with Gasteiger partial charge < -0.3 is 0 Å². The Labute approximate surface area is 140 Å². The second kappa shape index (κ2) is 6.69. The van der Waals surface area contributed by atoms with E-state index in [0.29, 0.717) is 29.8 Å². The topological polar surface area (TPSA) is 37.4 Å². The van der Waals surface area contributed by atoms with Crippen molar-refractivity contribution in [2.45, 2.75) is 24.2 Å². The largest absolute Gasteiger partial charge is 0.243 e. The number of piperidine rings is 1. The van der Waals surface area contributed by atoms with E-state index >= 15 is 0 Å². The van der Waals surface area contributed by atoms with E-state index in [9.17, 15) is 8.42 Å². The first-order valence-corrected chi connectivity index (χ1v) is 9.90. The molecule has 1 aromatic carbocycles. The lowest BCUT2D eigenvalue weighted by Crippen LogP contribution is -2.40. The molecule has 1 aliphatic carbocycles. The fraction of sp³-hybridized carbons (Fsp3) is 0.412. The number of hydrogen-bond donors (Lipinski definition) is 0. The first-order valence-electron chi connectivity index (χ1n) is 7.66. The van der Waals surface area contributed by atoms with Crippen LogP contribution in [0.25, 0.3) is 0 Å². The van der Waals surface area contributed by atoms with Gasteiger partial charge >= 0.3 is 0 Å². The number of nitrogens with zero attached hydrogens (tertiary/aromatic N) is 1. The number of hydrogen-bond acceptors (Lipinski definition) is 2. The van der Waals surface area contributed by atoms with E-state index in [1.807, 2.05) is 6.07 Å². The number of sulfonamides is 1. The van der Waals surface area contributed by atoms with Crippen molar-refractivity contribution in [3.63, 3.8) is 0 Å². The predicted molar refractivity (Wildman–Crippen MR) is 92.2 cm³/mol. The molecule has 3 rings (SSSR count). The second-order valence-electron chi connectivity index (χ2n) is 5.83. The van der Waals surface area contributed by atoms with E-state index in [2.05, 4.69) is 34.2 Å². The molecule has 0 bridgehead atoms. The molecule has 3 nitrogen and oxygen atoms in total. The van der Waals surface area contributed by atoms with Crippen LogP contribution in [0.4, 0.5) is 0 Å². The Morgan fingerprint density at radius 1 is 1.09 bits per heavy atom. The van der Waals surface area contributed by atoms with E-state index in [1.54, 1.807) is 28.6 Å². The predicted octanol–water partition coefficient (Wildman–Crippen LogP) is 3.94. The SMILES string of the molecule is O=S(=O)(c1ccccc1)N1CCC(C2C=CCC=C2Br)CC1. The van der Waals surface area contributed by atoms with E-state index in [0.717, 1.165) is 19.3 Å². The van der Waals surface area contributed by atoms with Crippen molar-refractivity contribution in [2.75, 3.05) is 13.1 Å². The maximum Gasteiger partial charge on any atom is 0.243 e. The van der Waals surface area contributed by atoms with Crippen LogP contribution in [0.15, 0.2) is 57.9 Å². The summed E-state index contributed by atoms with van der Waals surface area (Å²) in [6.45, 7) is 1.21. The summed E-state index contributed by atoms with van der Waals surface area (Å²) < 4.78 is 28.1. The van der Waals surface area contributed by atoms with E-state index < -0.39 is 10.0 Å². The Morgan fingerprint density at radius 3 is 2.41 bits per heavy atom. The van der Waals surface area contributed by atoms with Crippen molar-refractivity contribution in [1.29, 1.82) is 0 Å². The molecule has 0 amide bonds. The summed E-state index contributed by atoms with van der Waals surface area (Å²) in [7, 11) is -3.34. The smallest absolute Gasteiger partial charge is 0.207 e. The molecule has 0 saturated carbocycles. The summed E-state index contributed by atoms with van der Waals surface area (Å²) in [6, 6.07) is 8.72. The number of rotatable bonds is 3. The first kappa shape index (κ1) is 16.0. The van der Waals surface area contributed by atoms with Crippen LogP contribution in [0.5, 0.6) is 0 Å². The van der Waals surface area contributed by atoms with E-state index in [-0.39, 0.29) is 0 Å². The minimum Gasteiger partial charge on any atom is -0.207 e. The highest BCUT2D eigenvalue weighted by molar-refractivity contribution is 9.11. The Balaban J connectivity index is 1.68. The number of halogens is 1. The molecule has 0 aromatic heterocycles. The highest BCUT2D eigenvalue weighted by Crippen LogP contribution is 2.37. The molecular weight excluding hydrogens is 362 g/mol. The monoisotopic (exact) mass is 381 g/mol. The number of allylic oxidation sites excluding steroid dienone is 4. The summed E-state index contributed by atoms with van der Waals surface area (Å²) in [5.41, 5.74) is 0. The lowest BCUT2D eigenvalue weighted by Gasteiger charge is -2.35. The molecule has 0 radical (unpaired) electrons. The normalized spacial score (nSPS) is 24.2. The lowest BCUT2D eigenvalue weighted by molar-refractivity contribution is 0.248. The zero-order chi connectivity index (χ0) is 15.6. The third kappa shape index (κ3) is 3.21. The molecule has 0 spiro atoms. The van der Waals surface area contributed by atoms with Crippen LogP contribution in [0.3, 0.4) is 0 Å². The summed E-state index contributed by atoms with van der Waals surface area (Å²) in [4.78, 5) is 0.395. The zero-order valence-electron chi connectivity index (χ0n) is 12.4. The molecule has 1 heterocycles. The Hall–Kier alpha value is -0.910. The van der Waals surface area contributed by atoms with Gasteiger partial charge in [-0.1, -0.05) is 52.4 Å². The quantitative estimate of drug-likeness (QED) is 0.743. The van der Waals surface area contributed by atoms with Gasteiger partial charge in [0.05, 0.1) is 4.90 Å². The highest BCUT2D eigenvalue weighted by atomic mass is 79.9. The molecule has 118 valence electrons. The van der Waals surface area contributed by atoms with Gasteiger partial charge in [0.15, 0.2) is 0 Å². The van der Waals surface area contributed by atoms with Crippen molar-refractivity contribution >= 4 is 26.0 Å². The fourth-order valence-corrected chi connectivity index (χ4v) is 5.44. The van der Waals surface area contributed by atoms with Gasteiger partial charge in [-0.05, 0) is 41.8 Å². The van der Waals surface area contributed by atoms with Crippen molar-refractivity contribution in [2.24, 2.45) is 11.8 Å². The van der Waals surface area contributed by atoms with Crippen molar-refractivity contribution in [3.05, 3.63) is 53.0 Å². The molecule has 5 heteroatoms. The molecule has 0 N–H and O–H groups in total. The van der Waals surface area contributed by atoms with Crippen LogP contribution in [-0.4, -0.2) is 25.8 Å². The minimum absolute atomic E-state index is 0.395. The van der Waals surface area contributed by atoms with Crippen LogP contribution in [0.2, 0.25) is 0 Å². The number of benzene rings is 1.